The summed E-state index contributed by atoms with van der Waals surface area (Å²) >= 11 is 0. The van der Waals surface area contributed by atoms with E-state index in [4.69, 9.17) is 9.47 Å². The summed E-state index contributed by atoms with van der Waals surface area (Å²) in [5.74, 6) is -2.99. The second-order valence-corrected chi connectivity index (χ2v) is 14.2. The van der Waals surface area contributed by atoms with Crippen LogP contribution in [0.3, 0.4) is 0 Å². The molecule has 13 nitrogen and oxygen atoms in total. The number of nitrogens with one attached hydrogen (secondary N) is 2. The van der Waals surface area contributed by atoms with Gasteiger partial charge in [-0.05, 0) is 57.7 Å². The molecule has 8 atom stereocenters. The normalized spacial score (nSPS) is 23.0. The molecule has 0 aromatic heterocycles. The summed E-state index contributed by atoms with van der Waals surface area (Å²) in [5, 5.41) is 15.3. The Morgan fingerprint density at radius 3 is 2.30 bits per heavy atom. The molecule has 2 saturated heterocycles. The fraction of sp³-hybridized carbons (Fsp3) is 0.703. The Bertz CT molecular complexity index is 1310. The van der Waals surface area contributed by atoms with Gasteiger partial charge in [0.2, 0.25) is 23.6 Å². The van der Waals surface area contributed by atoms with Gasteiger partial charge in [0.15, 0.2) is 0 Å². The van der Waals surface area contributed by atoms with Crippen molar-refractivity contribution >= 4 is 29.6 Å². The van der Waals surface area contributed by atoms with Crippen LogP contribution in [0.4, 0.5) is 0 Å². The fourth-order valence-corrected chi connectivity index (χ4v) is 7.53. The Morgan fingerprint density at radius 1 is 1.06 bits per heavy atom. The van der Waals surface area contributed by atoms with Crippen LogP contribution in [0, 0.1) is 11.8 Å². The van der Waals surface area contributed by atoms with E-state index in [0.717, 1.165) is 37.8 Å². The lowest BCUT2D eigenvalue weighted by molar-refractivity contribution is -0.147. The van der Waals surface area contributed by atoms with Gasteiger partial charge in [-0.1, -0.05) is 57.5 Å². The third kappa shape index (κ3) is 9.82. The third-order valence-electron chi connectivity index (χ3n) is 11.1. The predicted molar refractivity (Wildman–Crippen MR) is 189 cm³/mol. The molecule has 280 valence electrons. The van der Waals surface area contributed by atoms with Crippen molar-refractivity contribution < 1.29 is 38.6 Å². The van der Waals surface area contributed by atoms with Crippen LogP contribution in [0.25, 0.3) is 0 Å². The molecule has 1 aromatic carbocycles. The van der Waals surface area contributed by atoms with Crippen molar-refractivity contribution in [2.24, 2.45) is 11.8 Å². The summed E-state index contributed by atoms with van der Waals surface area (Å²) in [6.45, 7) is 8.75. The number of hydrogen-bond donors (Lipinski definition) is 3. The highest BCUT2D eigenvalue weighted by Gasteiger charge is 2.43. The van der Waals surface area contributed by atoms with E-state index in [9.17, 15) is 29.1 Å². The second kappa shape index (κ2) is 18.6. The topological polar surface area (TPSA) is 158 Å². The molecular formula is C37H59N5O8. The van der Waals surface area contributed by atoms with Crippen LogP contribution in [0.1, 0.15) is 71.8 Å². The zero-order valence-corrected chi connectivity index (χ0v) is 31.1. The van der Waals surface area contributed by atoms with Gasteiger partial charge in [-0.15, -0.1) is 0 Å². The van der Waals surface area contributed by atoms with E-state index in [1.165, 1.54) is 14.2 Å². The molecule has 2 aliphatic rings. The van der Waals surface area contributed by atoms with E-state index >= 15 is 0 Å². The molecule has 2 heterocycles. The molecule has 2 aliphatic heterocycles. The van der Waals surface area contributed by atoms with Gasteiger partial charge in [-0.25, -0.2) is 4.79 Å². The highest BCUT2D eigenvalue weighted by atomic mass is 16.5. The van der Waals surface area contributed by atoms with E-state index < -0.39 is 53.7 Å². The molecule has 0 bridgehead atoms. The van der Waals surface area contributed by atoms with Crippen molar-refractivity contribution in [2.45, 2.75) is 109 Å². The van der Waals surface area contributed by atoms with Crippen molar-refractivity contribution in [2.75, 3.05) is 47.9 Å². The monoisotopic (exact) mass is 701 g/mol. The van der Waals surface area contributed by atoms with E-state index in [2.05, 4.69) is 10.6 Å². The SMILES string of the molecule is CC[C@H](C)[C@@H](C(CC(=O)N1CCC[C@H]1C(OC)C(C)C(=O)N[C@@H](Cc1ccccc1)C(=O)O)OC)N(C)C(=O)CNC(=O)[C@@]1(C)CCCN1C. The summed E-state index contributed by atoms with van der Waals surface area (Å²) in [5.41, 5.74) is 0.136. The first-order valence-corrected chi connectivity index (χ1v) is 17.9. The Kier molecular flexibility index (Phi) is 15.2. The quantitative estimate of drug-likeness (QED) is 0.209. The molecule has 1 aromatic rings. The van der Waals surface area contributed by atoms with Crippen LogP contribution in [0.5, 0.6) is 0 Å². The maximum Gasteiger partial charge on any atom is 0.326 e. The van der Waals surface area contributed by atoms with E-state index in [0.29, 0.717) is 13.0 Å². The number of likely N-dealkylation sites (N-methyl/N-ethyl adjacent to an activating group) is 2. The summed E-state index contributed by atoms with van der Waals surface area (Å²) in [7, 11) is 6.63. The molecule has 50 heavy (non-hydrogen) atoms. The average Bonchev–Trinajstić information content (AvgIpc) is 3.73. The average molecular weight is 702 g/mol. The summed E-state index contributed by atoms with van der Waals surface area (Å²) in [6, 6.07) is 7.13. The Labute approximate surface area is 297 Å². The first kappa shape index (κ1) is 40.9. The van der Waals surface area contributed by atoms with Crippen LogP contribution in [0.2, 0.25) is 0 Å². The molecule has 0 aliphatic carbocycles. The highest BCUT2D eigenvalue weighted by molar-refractivity contribution is 5.90. The first-order chi connectivity index (χ1) is 23.7. The largest absolute Gasteiger partial charge is 0.480 e. The summed E-state index contributed by atoms with van der Waals surface area (Å²) in [6.07, 6.45) is 2.55. The van der Waals surface area contributed by atoms with Crippen LogP contribution in [-0.2, 0) is 39.9 Å². The van der Waals surface area contributed by atoms with Crippen LogP contribution in [-0.4, -0.2) is 133 Å². The van der Waals surface area contributed by atoms with Crippen LogP contribution < -0.4 is 10.6 Å². The molecule has 13 heteroatoms. The Morgan fingerprint density at radius 2 is 1.74 bits per heavy atom. The van der Waals surface area contributed by atoms with Gasteiger partial charge in [0.25, 0.3) is 0 Å². The Hall–Kier alpha value is -3.55. The predicted octanol–water partition coefficient (Wildman–Crippen LogP) is 2.32. The van der Waals surface area contributed by atoms with Crippen molar-refractivity contribution in [1.82, 2.24) is 25.3 Å². The third-order valence-corrected chi connectivity index (χ3v) is 11.1. The number of ether oxygens (including phenoxy) is 2. The summed E-state index contributed by atoms with van der Waals surface area (Å²) < 4.78 is 11.7. The molecule has 0 spiro atoms. The summed E-state index contributed by atoms with van der Waals surface area (Å²) in [4.78, 5) is 71.3. The van der Waals surface area contributed by atoms with Gasteiger partial charge in [-0.2, -0.15) is 0 Å². The molecule has 3 unspecified atom stereocenters. The molecular weight excluding hydrogens is 642 g/mol. The molecule has 3 rings (SSSR count). The van der Waals surface area contributed by atoms with E-state index in [1.807, 2.05) is 63.1 Å². The van der Waals surface area contributed by atoms with E-state index in [1.54, 1.807) is 23.8 Å². The number of likely N-dealkylation sites (tertiary alicyclic amines) is 2. The zero-order valence-electron chi connectivity index (χ0n) is 31.1. The van der Waals surface area contributed by atoms with Crippen LogP contribution >= 0.6 is 0 Å². The lowest BCUT2D eigenvalue weighted by Gasteiger charge is -2.39. The molecule has 0 radical (unpaired) electrons. The number of methoxy groups -OCH3 is 2. The standard InChI is InChI=1S/C37H59N5O8/c1-9-24(2)32(41(6)31(44)23-38-36(48)37(4)18-14-19-40(37)5)29(49-7)22-30(43)42-20-13-17-28(42)33(50-8)25(3)34(45)39-27(35(46)47)21-26-15-11-10-12-16-26/h10-12,15-16,24-25,27-29,32-33H,9,13-14,17-23H2,1-8H3,(H,38,48)(H,39,45)(H,46,47)/t24-,25?,27-,28-,29?,32-,33?,37+/m0/s1. The minimum Gasteiger partial charge on any atom is -0.480 e. The minimum atomic E-state index is -1.14. The van der Waals surface area contributed by atoms with Gasteiger partial charge in [-0.3, -0.25) is 24.1 Å². The maximum atomic E-state index is 14.0. The number of hydrogen-bond acceptors (Lipinski definition) is 8. The van der Waals surface area contributed by atoms with Gasteiger partial charge in [0.1, 0.15) is 6.04 Å². The van der Waals surface area contributed by atoms with Gasteiger partial charge >= 0.3 is 5.97 Å². The maximum absolute atomic E-state index is 14.0. The number of carboxylic acid groups (broad SMARTS) is 1. The van der Waals surface area contributed by atoms with Gasteiger partial charge in [0, 0.05) is 34.2 Å². The fourth-order valence-electron chi connectivity index (χ4n) is 7.53. The number of carbonyl (C=O) groups excluding carboxylic acids is 4. The smallest absolute Gasteiger partial charge is 0.326 e. The Balaban J connectivity index is 1.69. The number of nitrogens with zero attached hydrogens (tertiary/aromatic N) is 3. The van der Waals surface area contributed by atoms with Crippen molar-refractivity contribution in [1.29, 1.82) is 0 Å². The van der Waals surface area contributed by atoms with Crippen molar-refractivity contribution in [3.05, 3.63) is 35.9 Å². The van der Waals surface area contributed by atoms with Crippen molar-refractivity contribution in [3.8, 4) is 0 Å². The number of carbonyl (C=O) groups is 5. The van der Waals surface area contributed by atoms with Crippen LogP contribution in [0.15, 0.2) is 30.3 Å². The number of carboxylic acids is 1. The van der Waals surface area contributed by atoms with E-state index in [-0.39, 0.29) is 43.0 Å². The minimum absolute atomic E-state index is 0.00400. The lowest BCUT2D eigenvalue weighted by Crippen LogP contribution is -2.56. The highest BCUT2D eigenvalue weighted by Crippen LogP contribution is 2.30. The second-order valence-electron chi connectivity index (χ2n) is 14.2. The molecule has 0 saturated carbocycles. The molecule has 2 fully saturated rings. The number of benzene rings is 1. The van der Waals surface area contributed by atoms with Crippen molar-refractivity contribution in [3.63, 3.8) is 0 Å². The lowest BCUT2D eigenvalue weighted by atomic mass is 9.90. The molecule has 3 N–H and O–H groups in total. The number of rotatable bonds is 18. The van der Waals surface area contributed by atoms with Gasteiger partial charge in [0.05, 0.1) is 48.7 Å². The zero-order chi connectivity index (χ0) is 37.2. The first-order valence-electron chi connectivity index (χ1n) is 17.9. The van der Waals surface area contributed by atoms with Gasteiger partial charge < -0.3 is 35.0 Å². The number of aliphatic carboxylic acids is 1. The number of amides is 4. The molecule has 4 amide bonds.